The van der Waals surface area contributed by atoms with Gasteiger partial charge in [-0.1, -0.05) is 47.5 Å². The average Bonchev–Trinajstić information content (AvgIpc) is 2.66. The monoisotopic (exact) mass is 388 g/mol. The number of fused-ring (bicyclic) bond motifs is 1. The van der Waals surface area contributed by atoms with Gasteiger partial charge in [0, 0.05) is 40.3 Å². The van der Waals surface area contributed by atoms with Gasteiger partial charge in [-0.15, -0.1) is 0 Å². The Kier molecular flexibility index (Phi) is 5.00. The molecule has 1 fully saturated rings. The van der Waals surface area contributed by atoms with Crippen LogP contribution in [0.5, 0.6) is 5.75 Å². The Bertz CT molecular complexity index is 942. The SMILES string of the molecule is Oc1c(C(c2ccc(Cl)cc2Cl)N2CCOCC2)ccc2cccnc12. The van der Waals surface area contributed by atoms with Crippen LogP contribution in [0.3, 0.4) is 0 Å². The van der Waals surface area contributed by atoms with Crippen LogP contribution in [0.4, 0.5) is 0 Å². The number of phenols is 1. The molecular weight excluding hydrogens is 371 g/mol. The van der Waals surface area contributed by atoms with Crippen LogP contribution in [-0.4, -0.2) is 41.3 Å². The number of hydrogen-bond donors (Lipinski definition) is 1. The zero-order valence-electron chi connectivity index (χ0n) is 14.0. The van der Waals surface area contributed by atoms with Crippen LogP contribution < -0.4 is 0 Å². The molecule has 6 heteroatoms. The van der Waals surface area contributed by atoms with Gasteiger partial charge in [-0.25, -0.2) is 0 Å². The Morgan fingerprint density at radius 1 is 1.04 bits per heavy atom. The van der Waals surface area contributed by atoms with Crippen LogP contribution in [-0.2, 0) is 4.74 Å². The molecule has 0 radical (unpaired) electrons. The van der Waals surface area contributed by atoms with Gasteiger partial charge in [0.1, 0.15) is 11.3 Å². The molecule has 1 unspecified atom stereocenters. The lowest BCUT2D eigenvalue weighted by Crippen LogP contribution is -2.39. The minimum Gasteiger partial charge on any atom is -0.505 e. The standard InChI is InChI=1S/C20H18Cl2N2O2/c21-14-4-6-15(17(22)12-14)19(24-8-10-26-11-9-24)16-5-3-13-2-1-7-23-18(13)20(16)25/h1-7,12,19,25H,8-11H2. The highest BCUT2D eigenvalue weighted by molar-refractivity contribution is 6.35. The van der Waals surface area contributed by atoms with E-state index in [2.05, 4.69) is 9.88 Å². The van der Waals surface area contributed by atoms with E-state index >= 15 is 0 Å². The molecule has 1 N–H and O–H groups in total. The summed E-state index contributed by atoms with van der Waals surface area (Å²) in [7, 11) is 0. The Balaban J connectivity index is 1.89. The van der Waals surface area contributed by atoms with Gasteiger partial charge in [-0.05, 0) is 23.8 Å². The summed E-state index contributed by atoms with van der Waals surface area (Å²) in [6.45, 7) is 2.80. The predicted octanol–water partition coefficient (Wildman–Crippen LogP) is 4.67. The van der Waals surface area contributed by atoms with Gasteiger partial charge in [-0.2, -0.15) is 0 Å². The minimum absolute atomic E-state index is 0.186. The van der Waals surface area contributed by atoms with Crippen LogP contribution in [0.2, 0.25) is 10.0 Å². The quantitative estimate of drug-likeness (QED) is 0.707. The normalized spacial score (nSPS) is 16.7. The van der Waals surface area contributed by atoms with E-state index in [1.165, 1.54) is 0 Å². The van der Waals surface area contributed by atoms with E-state index in [1.54, 1.807) is 12.3 Å². The largest absolute Gasteiger partial charge is 0.505 e. The number of benzene rings is 2. The van der Waals surface area contributed by atoms with Crippen molar-refractivity contribution in [2.24, 2.45) is 0 Å². The zero-order chi connectivity index (χ0) is 18.1. The maximum absolute atomic E-state index is 11.0. The summed E-state index contributed by atoms with van der Waals surface area (Å²) in [4.78, 5) is 6.62. The number of rotatable bonds is 3. The lowest BCUT2D eigenvalue weighted by molar-refractivity contribution is 0.0236. The molecule has 1 aromatic heterocycles. The first-order valence-electron chi connectivity index (χ1n) is 8.48. The Hall–Kier alpha value is -1.85. The van der Waals surface area contributed by atoms with E-state index in [4.69, 9.17) is 27.9 Å². The van der Waals surface area contributed by atoms with E-state index in [-0.39, 0.29) is 11.8 Å². The number of phenolic OH excluding ortho intramolecular Hbond substituents is 1. The fourth-order valence-electron chi connectivity index (χ4n) is 3.49. The van der Waals surface area contributed by atoms with Crippen LogP contribution >= 0.6 is 23.2 Å². The molecule has 1 saturated heterocycles. The van der Waals surface area contributed by atoms with Crippen molar-refractivity contribution in [1.29, 1.82) is 0 Å². The topological polar surface area (TPSA) is 45.6 Å². The molecule has 2 heterocycles. The number of aromatic hydroxyl groups is 1. The van der Waals surface area contributed by atoms with Crippen molar-refractivity contribution in [2.75, 3.05) is 26.3 Å². The highest BCUT2D eigenvalue weighted by Gasteiger charge is 2.29. The van der Waals surface area contributed by atoms with Gasteiger partial charge >= 0.3 is 0 Å². The molecule has 2 aromatic carbocycles. The molecule has 1 atom stereocenters. The number of hydrogen-bond acceptors (Lipinski definition) is 4. The van der Waals surface area contributed by atoms with E-state index < -0.39 is 0 Å². The van der Waals surface area contributed by atoms with Crippen molar-refractivity contribution >= 4 is 34.1 Å². The second kappa shape index (κ2) is 7.41. The summed E-state index contributed by atoms with van der Waals surface area (Å²) >= 11 is 12.6. The van der Waals surface area contributed by atoms with Crippen molar-refractivity contribution in [3.05, 3.63) is 69.8 Å². The number of morpholine rings is 1. The highest BCUT2D eigenvalue weighted by atomic mass is 35.5. The maximum atomic E-state index is 11.0. The Morgan fingerprint density at radius 3 is 2.58 bits per heavy atom. The van der Waals surface area contributed by atoms with Crippen molar-refractivity contribution in [2.45, 2.75) is 6.04 Å². The van der Waals surface area contributed by atoms with Crippen LogP contribution in [0.1, 0.15) is 17.2 Å². The van der Waals surface area contributed by atoms with Gasteiger partial charge in [0.25, 0.3) is 0 Å². The Morgan fingerprint density at radius 2 is 1.81 bits per heavy atom. The fourth-order valence-corrected chi connectivity index (χ4v) is 4.00. The molecule has 0 amide bonds. The number of nitrogens with zero attached hydrogens (tertiary/aromatic N) is 2. The summed E-state index contributed by atoms with van der Waals surface area (Å²) in [6.07, 6.45) is 1.69. The molecule has 4 rings (SSSR count). The van der Waals surface area contributed by atoms with Crippen molar-refractivity contribution in [3.63, 3.8) is 0 Å². The summed E-state index contributed by atoms with van der Waals surface area (Å²) in [6, 6.07) is 13.0. The molecule has 1 aliphatic rings. The second-order valence-electron chi connectivity index (χ2n) is 6.30. The summed E-state index contributed by atoms with van der Waals surface area (Å²) < 4.78 is 5.50. The van der Waals surface area contributed by atoms with E-state index in [0.29, 0.717) is 28.8 Å². The van der Waals surface area contributed by atoms with Gasteiger partial charge < -0.3 is 9.84 Å². The number of aromatic nitrogens is 1. The molecule has 26 heavy (non-hydrogen) atoms. The maximum Gasteiger partial charge on any atom is 0.146 e. The van der Waals surface area contributed by atoms with Crippen LogP contribution in [0, 0.1) is 0 Å². The van der Waals surface area contributed by atoms with E-state index in [0.717, 1.165) is 29.6 Å². The first-order chi connectivity index (χ1) is 12.6. The summed E-state index contributed by atoms with van der Waals surface area (Å²) in [5.74, 6) is 0.186. The molecule has 0 aliphatic carbocycles. The smallest absolute Gasteiger partial charge is 0.146 e. The first kappa shape index (κ1) is 17.6. The minimum atomic E-state index is -0.199. The summed E-state index contributed by atoms with van der Waals surface area (Å²) in [5, 5.41) is 13.0. The second-order valence-corrected chi connectivity index (χ2v) is 7.14. The molecular formula is C20H18Cl2N2O2. The number of halogens is 2. The highest BCUT2D eigenvalue weighted by Crippen LogP contribution is 2.40. The van der Waals surface area contributed by atoms with Gasteiger partial charge in [-0.3, -0.25) is 9.88 Å². The number of pyridine rings is 1. The van der Waals surface area contributed by atoms with Crippen molar-refractivity contribution in [1.82, 2.24) is 9.88 Å². The van der Waals surface area contributed by atoms with E-state index in [1.807, 2.05) is 36.4 Å². The van der Waals surface area contributed by atoms with Crippen molar-refractivity contribution < 1.29 is 9.84 Å². The van der Waals surface area contributed by atoms with Crippen LogP contribution in [0.25, 0.3) is 10.9 Å². The predicted molar refractivity (Wildman–Crippen MR) is 104 cm³/mol. The lowest BCUT2D eigenvalue weighted by Gasteiger charge is -2.35. The number of ether oxygens (including phenoxy) is 1. The van der Waals surface area contributed by atoms with Gasteiger partial charge in [0.15, 0.2) is 0 Å². The molecule has 3 aromatic rings. The van der Waals surface area contributed by atoms with Gasteiger partial charge in [0.2, 0.25) is 0 Å². The summed E-state index contributed by atoms with van der Waals surface area (Å²) in [5.41, 5.74) is 2.28. The fraction of sp³-hybridized carbons (Fsp3) is 0.250. The molecule has 0 bridgehead atoms. The third kappa shape index (κ3) is 3.26. The Labute approximate surface area is 161 Å². The van der Waals surface area contributed by atoms with E-state index in [9.17, 15) is 5.11 Å². The lowest BCUT2D eigenvalue weighted by atomic mass is 9.94. The molecule has 1 aliphatic heterocycles. The first-order valence-corrected chi connectivity index (χ1v) is 9.24. The molecule has 0 saturated carbocycles. The van der Waals surface area contributed by atoms with Crippen molar-refractivity contribution in [3.8, 4) is 5.75 Å². The zero-order valence-corrected chi connectivity index (χ0v) is 15.5. The average molecular weight is 389 g/mol. The van der Waals surface area contributed by atoms with Gasteiger partial charge in [0.05, 0.1) is 19.3 Å². The molecule has 0 spiro atoms. The molecule has 134 valence electrons. The third-order valence-electron chi connectivity index (χ3n) is 4.74. The molecule has 4 nitrogen and oxygen atoms in total. The third-order valence-corrected chi connectivity index (χ3v) is 5.30. The van der Waals surface area contributed by atoms with Crippen LogP contribution in [0.15, 0.2) is 48.7 Å².